The van der Waals surface area contributed by atoms with Crippen LogP contribution in [0.3, 0.4) is 0 Å². The molecule has 0 saturated carbocycles. The Morgan fingerprint density at radius 3 is 2.54 bits per heavy atom. The van der Waals surface area contributed by atoms with E-state index < -0.39 is 18.3 Å². The number of fused-ring (bicyclic) bond motifs is 1. The van der Waals surface area contributed by atoms with Crippen LogP contribution in [-0.2, 0) is 15.9 Å². The van der Waals surface area contributed by atoms with Crippen LogP contribution in [0.2, 0.25) is 5.15 Å². The second kappa shape index (κ2) is 10.0. The van der Waals surface area contributed by atoms with Gasteiger partial charge < -0.3 is 15.2 Å². The van der Waals surface area contributed by atoms with Crippen molar-refractivity contribution in [3.8, 4) is 0 Å². The number of rotatable bonds is 7. The van der Waals surface area contributed by atoms with E-state index in [2.05, 4.69) is 34.0 Å². The van der Waals surface area contributed by atoms with Crippen LogP contribution >= 0.6 is 11.6 Å². The number of benzene rings is 2. The Bertz CT molecular complexity index is 1310. The largest absolute Gasteiger partial charge is 0.454 e. The van der Waals surface area contributed by atoms with E-state index in [0.717, 1.165) is 19.3 Å². The smallest absolute Gasteiger partial charge is 0.338 e. The maximum Gasteiger partial charge on any atom is 0.338 e. The molecule has 1 aliphatic heterocycles. The van der Waals surface area contributed by atoms with Crippen LogP contribution in [-0.4, -0.2) is 37.7 Å². The van der Waals surface area contributed by atoms with E-state index in [1.807, 2.05) is 36.4 Å². The number of anilines is 1. The van der Waals surface area contributed by atoms with E-state index in [-0.39, 0.29) is 23.1 Å². The van der Waals surface area contributed by atoms with Gasteiger partial charge >= 0.3 is 5.97 Å². The van der Waals surface area contributed by atoms with Gasteiger partial charge in [-0.3, -0.25) is 4.57 Å². The van der Waals surface area contributed by atoms with Crippen molar-refractivity contribution in [2.24, 2.45) is 5.92 Å². The van der Waals surface area contributed by atoms with Gasteiger partial charge in [0.25, 0.3) is 0 Å². The number of hydrogen-bond acceptors (Lipinski definition) is 7. The summed E-state index contributed by atoms with van der Waals surface area (Å²) in [7, 11) is 0. The SMILES string of the molecule is CC[C@H]1O[C@@H](n2cnc3c(Cl)nc(N)nc32)C(OC(=O)c2ccccc2)[C@H]1CCc1ccccc1. The van der Waals surface area contributed by atoms with Crippen LogP contribution in [0.1, 0.15) is 41.9 Å². The predicted octanol–water partition coefficient (Wildman–Crippen LogP) is 4.84. The maximum absolute atomic E-state index is 13.1. The maximum atomic E-state index is 13.1. The topological polar surface area (TPSA) is 105 Å². The predicted molar refractivity (Wildman–Crippen MR) is 133 cm³/mol. The monoisotopic (exact) mass is 491 g/mol. The minimum absolute atomic E-state index is 0.0350. The van der Waals surface area contributed by atoms with Gasteiger partial charge in [-0.05, 0) is 37.0 Å². The number of hydrogen-bond donors (Lipinski definition) is 1. The lowest BCUT2D eigenvalue weighted by Crippen LogP contribution is -2.32. The Morgan fingerprint density at radius 2 is 1.83 bits per heavy atom. The van der Waals surface area contributed by atoms with Gasteiger partial charge in [0.2, 0.25) is 5.95 Å². The standard InChI is InChI=1S/C26H26ClN5O3/c1-2-19-18(14-13-16-9-5-3-6-10-16)21(35-25(33)17-11-7-4-8-12-17)24(34-19)32-15-29-20-22(27)30-26(28)31-23(20)32/h3-12,15,18-19,21,24H,2,13-14H2,1H3,(H2,28,30,31)/t18-,19+,21?,24+/m0/s1. The van der Waals surface area contributed by atoms with Crippen LogP contribution in [0.15, 0.2) is 67.0 Å². The van der Waals surface area contributed by atoms with E-state index in [0.29, 0.717) is 16.7 Å². The van der Waals surface area contributed by atoms with Gasteiger partial charge in [-0.1, -0.05) is 67.1 Å². The fourth-order valence-corrected chi connectivity index (χ4v) is 4.95. The molecule has 0 radical (unpaired) electrons. The summed E-state index contributed by atoms with van der Waals surface area (Å²) in [5, 5.41) is 0.162. The Labute approximate surface area is 208 Å². The molecule has 1 aliphatic rings. The summed E-state index contributed by atoms with van der Waals surface area (Å²) in [6.07, 6.45) is 2.65. The van der Waals surface area contributed by atoms with Crippen LogP contribution in [0.4, 0.5) is 5.95 Å². The van der Waals surface area contributed by atoms with Gasteiger partial charge in [0.05, 0.1) is 18.0 Å². The second-order valence-electron chi connectivity index (χ2n) is 8.59. The third kappa shape index (κ3) is 4.72. The lowest BCUT2D eigenvalue weighted by molar-refractivity contribution is -0.0470. The van der Waals surface area contributed by atoms with Crippen LogP contribution in [0, 0.1) is 5.92 Å². The van der Waals surface area contributed by atoms with E-state index in [9.17, 15) is 4.79 Å². The van der Waals surface area contributed by atoms with Crippen molar-refractivity contribution in [3.05, 3.63) is 83.3 Å². The van der Waals surface area contributed by atoms with Crippen molar-refractivity contribution in [2.45, 2.75) is 44.6 Å². The Balaban J connectivity index is 1.51. The number of nitrogens with zero attached hydrogens (tertiary/aromatic N) is 4. The summed E-state index contributed by atoms with van der Waals surface area (Å²) in [4.78, 5) is 25.8. The third-order valence-electron chi connectivity index (χ3n) is 6.43. The van der Waals surface area contributed by atoms with E-state index in [1.165, 1.54) is 5.56 Å². The number of carbonyl (C=O) groups excluding carboxylic acids is 1. The number of nitrogens with two attached hydrogens (primary N) is 1. The highest BCUT2D eigenvalue weighted by Crippen LogP contribution is 2.41. The fourth-order valence-electron chi connectivity index (χ4n) is 4.73. The number of halogens is 1. The molecule has 4 atom stereocenters. The zero-order valence-electron chi connectivity index (χ0n) is 19.3. The summed E-state index contributed by atoms with van der Waals surface area (Å²) in [6.45, 7) is 2.07. The minimum Gasteiger partial charge on any atom is -0.454 e. The quantitative estimate of drug-likeness (QED) is 0.291. The molecule has 1 fully saturated rings. The molecule has 0 spiro atoms. The van der Waals surface area contributed by atoms with Gasteiger partial charge in [0, 0.05) is 5.92 Å². The molecule has 1 unspecified atom stereocenters. The average molecular weight is 492 g/mol. The molecule has 4 aromatic rings. The molecular formula is C26H26ClN5O3. The van der Waals surface area contributed by atoms with E-state index in [4.69, 9.17) is 26.8 Å². The van der Waals surface area contributed by atoms with Crippen LogP contribution in [0.5, 0.6) is 0 Å². The Morgan fingerprint density at radius 1 is 1.11 bits per heavy atom. The molecule has 3 heterocycles. The molecule has 35 heavy (non-hydrogen) atoms. The summed E-state index contributed by atoms with van der Waals surface area (Å²) < 4.78 is 14.4. The van der Waals surface area contributed by atoms with Crippen molar-refractivity contribution in [2.75, 3.05) is 5.73 Å². The first-order valence-electron chi connectivity index (χ1n) is 11.7. The Hall–Kier alpha value is -3.49. The molecule has 1 saturated heterocycles. The zero-order chi connectivity index (χ0) is 24.4. The first-order chi connectivity index (χ1) is 17.0. The molecule has 2 N–H and O–H groups in total. The molecule has 0 aliphatic carbocycles. The molecule has 180 valence electrons. The van der Waals surface area contributed by atoms with Gasteiger partial charge in [-0.25, -0.2) is 9.78 Å². The number of aromatic nitrogens is 4. The van der Waals surface area contributed by atoms with Crippen molar-refractivity contribution >= 4 is 34.7 Å². The third-order valence-corrected chi connectivity index (χ3v) is 6.69. The van der Waals surface area contributed by atoms with E-state index in [1.54, 1.807) is 23.0 Å². The van der Waals surface area contributed by atoms with Crippen LogP contribution < -0.4 is 5.73 Å². The number of aryl methyl sites for hydroxylation is 1. The number of esters is 1. The van der Waals surface area contributed by atoms with Gasteiger partial charge in [0.1, 0.15) is 5.52 Å². The lowest BCUT2D eigenvalue weighted by Gasteiger charge is -2.25. The number of imidazole rings is 1. The fraction of sp³-hybridized carbons (Fsp3) is 0.308. The lowest BCUT2D eigenvalue weighted by atomic mass is 9.89. The summed E-state index contributed by atoms with van der Waals surface area (Å²) in [6, 6.07) is 19.2. The molecular weight excluding hydrogens is 466 g/mol. The summed E-state index contributed by atoms with van der Waals surface area (Å²) in [5.41, 5.74) is 8.42. The normalized spacial score (nSPS) is 21.9. The highest BCUT2D eigenvalue weighted by atomic mass is 35.5. The molecule has 5 rings (SSSR count). The highest BCUT2D eigenvalue weighted by Gasteiger charge is 2.47. The summed E-state index contributed by atoms with van der Waals surface area (Å²) in [5.74, 6) is -0.403. The molecule has 9 heteroatoms. The van der Waals surface area contributed by atoms with Crippen LogP contribution in [0.25, 0.3) is 11.2 Å². The second-order valence-corrected chi connectivity index (χ2v) is 8.95. The molecule has 2 aromatic carbocycles. The Kier molecular flexibility index (Phi) is 6.66. The highest BCUT2D eigenvalue weighted by molar-refractivity contribution is 6.33. The van der Waals surface area contributed by atoms with E-state index >= 15 is 0 Å². The van der Waals surface area contributed by atoms with Gasteiger partial charge in [0.15, 0.2) is 23.1 Å². The number of nitrogen functional groups attached to an aromatic ring is 1. The minimum atomic E-state index is -0.635. The number of ether oxygens (including phenoxy) is 2. The summed E-state index contributed by atoms with van der Waals surface area (Å²) >= 11 is 6.25. The number of carbonyl (C=O) groups is 1. The van der Waals surface area contributed by atoms with Gasteiger partial charge in [-0.15, -0.1) is 0 Å². The zero-order valence-corrected chi connectivity index (χ0v) is 20.0. The first kappa shape index (κ1) is 23.3. The molecule has 0 bridgehead atoms. The average Bonchev–Trinajstić information content (AvgIpc) is 3.45. The van der Waals surface area contributed by atoms with Gasteiger partial charge in [-0.2, -0.15) is 9.97 Å². The van der Waals surface area contributed by atoms with Crippen molar-refractivity contribution < 1.29 is 14.3 Å². The molecule has 0 amide bonds. The van der Waals surface area contributed by atoms with Crippen molar-refractivity contribution in [1.29, 1.82) is 0 Å². The van der Waals surface area contributed by atoms with Crippen molar-refractivity contribution in [3.63, 3.8) is 0 Å². The molecule has 2 aromatic heterocycles. The van der Waals surface area contributed by atoms with Crippen molar-refractivity contribution in [1.82, 2.24) is 19.5 Å². The first-order valence-corrected chi connectivity index (χ1v) is 12.0. The molecule has 8 nitrogen and oxygen atoms in total.